The van der Waals surface area contributed by atoms with Gasteiger partial charge in [0.05, 0.1) is 0 Å². The second-order valence-corrected chi connectivity index (χ2v) is 4.17. The van der Waals surface area contributed by atoms with E-state index < -0.39 is 0 Å². The fraction of sp³-hybridized carbons (Fsp3) is 1.00. The van der Waals surface area contributed by atoms with Crippen molar-refractivity contribution in [3.8, 4) is 0 Å². The third-order valence-corrected chi connectivity index (χ3v) is 3.09. The predicted molar refractivity (Wildman–Crippen MR) is 47.6 cm³/mol. The molecule has 1 heterocycles. The lowest BCUT2D eigenvalue weighted by atomic mass is 10.2. The van der Waals surface area contributed by atoms with E-state index in [9.17, 15) is 0 Å². The molecule has 0 aliphatic carbocycles. The molecule has 1 radical (unpaired) electrons. The average Bonchev–Trinajstić information content (AvgIpc) is 2.03. The molecular formula is C8H16NS. The molecule has 1 atom stereocenters. The summed E-state index contributed by atoms with van der Waals surface area (Å²) in [5, 5.41) is 5.25. The van der Waals surface area contributed by atoms with Crippen molar-refractivity contribution in [3.63, 3.8) is 0 Å². The summed E-state index contributed by atoms with van der Waals surface area (Å²) in [6.45, 7) is 4.46. The molecule has 1 aliphatic heterocycles. The minimum atomic E-state index is 0.855. The molecular weight excluding hydrogens is 142 g/mol. The van der Waals surface area contributed by atoms with E-state index in [2.05, 4.69) is 24.0 Å². The quantitative estimate of drug-likeness (QED) is 0.612. The van der Waals surface area contributed by atoms with Crippen LogP contribution >= 0.6 is 11.8 Å². The van der Waals surface area contributed by atoms with Crippen LogP contribution in [-0.2, 0) is 0 Å². The molecule has 0 spiro atoms. The van der Waals surface area contributed by atoms with Gasteiger partial charge in [0.2, 0.25) is 0 Å². The molecule has 0 aromatic rings. The highest BCUT2D eigenvalue weighted by atomic mass is 32.2. The second kappa shape index (κ2) is 5.03. The summed E-state index contributed by atoms with van der Waals surface area (Å²) in [5.41, 5.74) is 0. The van der Waals surface area contributed by atoms with Gasteiger partial charge in [-0.05, 0) is 6.42 Å². The molecule has 59 valence electrons. The molecule has 1 saturated heterocycles. The molecule has 0 saturated carbocycles. The van der Waals surface area contributed by atoms with Gasteiger partial charge in [-0.25, -0.2) is 5.32 Å². The monoisotopic (exact) mass is 158 g/mol. The van der Waals surface area contributed by atoms with Crippen molar-refractivity contribution in [3.05, 3.63) is 0 Å². The van der Waals surface area contributed by atoms with Crippen molar-refractivity contribution in [2.24, 2.45) is 0 Å². The van der Waals surface area contributed by atoms with Crippen LogP contribution in [0.5, 0.6) is 0 Å². The van der Waals surface area contributed by atoms with Crippen LogP contribution in [0.25, 0.3) is 0 Å². The van der Waals surface area contributed by atoms with E-state index in [1.54, 1.807) is 0 Å². The van der Waals surface area contributed by atoms with Crippen molar-refractivity contribution in [2.45, 2.75) is 31.4 Å². The third-order valence-electron chi connectivity index (χ3n) is 1.82. The molecule has 1 aliphatic rings. The summed E-state index contributed by atoms with van der Waals surface area (Å²) in [7, 11) is 0. The molecule has 0 aromatic heterocycles. The van der Waals surface area contributed by atoms with Gasteiger partial charge in [-0.2, -0.15) is 11.8 Å². The predicted octanol–water partition coefficient (Wildman–Crippen LogP) is 1.90. The Balaban J connectivity index is 2.02. The van der Waals surface area contributed by atoms with Crippen LogP contribution in [0, 0.1) is 0 Å². The lowest BCUT2D eigenvalue weighted by molar-refractivity contribution is 0.602. The Hall–Kier alpha value is 0.310. The van der Waals surface area contributed by atoms with Crippen molar-refractivity contribution in [1.29, 1.82) is 0 Å². The molecule has 0 amide bonds. The van der Waals surface area contributed by atoms with Gasteiger partial charge in [0.25, 0.3) is 0 Å². The van der Waals surface area contributed by atoms with E-state index in [0.717, 1.165) is 18.3 Å². The van der Waals surface area contributed by atoms with Crippen molar-refractivity contribution < 1.29 is 0 Å². The van der Waals surface area contributed by atoms with Crippen LogP contribution in [0.1, 0.15) is 26.2 Å². The first kappa shape index (κ1) is 8.41. The molecule has 1 nitrogen and oxygen atoms in total. The van der Waals surface area contributed by atoms with E-state index in [1.807, 2.05) is 0 Å². The Morgan fingerprint density at radius 3 is 3.10 bits per heavy atom. The molecule has 0 N–H and O–H groups in total. The van der Waals surface area contributed by atoms with Crippen LogP contribution in [0.15, 0.2) is 0 Å². The van der Waals surface area contributed by atoms with Gasteiger partial charge in [-0.3, -0.25) is 0 Å². The largest absolute Gasteiger partial charge is 0.240 e. The maximum atomic E-state index is 4.39. The van der Waals surface area contributed by atoms with Gasteiger partial charge < -0.3 is 0 Å². The molecule has 0 aromatic carbocycles. The molecule has 10 heavy (non-hydrogen) atoms. The van der Waals surface area contributed by atoms with E-state index in [-0.39, 0.29) is 0 Å². The van der Waals surface area contributed by atoms with Crippen LogP contribution in [0.3, 0.4) is 0 Å². The topological polar surface area (TPSA) is 14.1 Å². The Morgan fingerprint density at radius 2 is 2.50 bits per heavy atom. The summed E-state index contributed by atoms with van der Waals surface area (Å²) in [6.07, 6.45) is 4.09. The number of unbranched alkanes of at least 4 members (excludes halogenated alkanes) is 1. The smallest absolute Gasteiger partial charge is 0.0253 e. The zero-order chi connectivity index (χ0) is 7.23. The van der Waals surface area contributed by atoms with E-state index in [4.69, 9.17) is 0 Å². The first-order valence-electron chi connectivity index (χ1n) is 4.18. The normalized spacial score (nSPS) is 26.7. The fourth-order valence-corrected chi connectivity index (χ4v) is 2.29. The lowest BCUT2D eigenvalue weighted by Crippen LogP contribution is -2.27. The van der Waals surface area contributed by atoms with Crippen molar-refractivity contribution in [1.82, 2.24) is 5.32 Å². The summed E-state index contributed by atoms with van der Waals surface area (Å²) >= 11 is 2.11. The number of rotatable bonds is 3. The first-order chi connectivity index (χ1) is 4.93. The number of hydrogen-bond donors (Lipinski definition) is 0. The highest BCUT2D eigenvalue weighted by molar-refractivity contribution is 8.00. The summed E-state index contributed by atoms with van der Waals surface area (Å²) in [4.78, 5) is 0. The van der Waals surface area contributed by atoms with E-state index >= 15 is 0 Å². The van der Waals surface area contributed by atoms with Gasteiger partial charge in [-0.1, -0.05) is 19.8 Å². The Kier molecular flexibility index (Phi) is 4.23. The second-order valence-electron chi connectivity index (χ2n) is 2.76. The van der Waals surface area contributed by atoms with Crippen LogP contribution in [0.4, 0.5) is 0 Å². The minimum absolute atomic E-state index is 0.855. The molecule has 1 rings (SSSR count). The van der Waals surface area contributed by atoms with Gasteiger partial charge >= 0.3 is 0 Å². The Morgan fingerprint density at radius 1 is 1.60 bits per heavy atom. The number of thioether (sulfide) groups is 1. The first-order valence-corrected chi connectivity index (χ1v) is 5.23. The molecule has 0 bridgehead atoms. The zero-order valence-corrected chi connectivity index (χ0v) is 7.49. The van der Waals surface area contributed by atoms with Gasteiger partial charge in [0.1, 0.15) is 0 Å². The number of nitrogens with zero attached hydrogens (tertiary/aromatic N) is 1. The summed E-state index contributed by atoms with van der Waals surface area (Å²) in [5.74, 6) is 1.26. The van der Waals surface area contributed by atoms with Crippen LogP contribution in [-0.4, -0.2) is 24.1 Å². The third kappa shape index (κ3) is 2.93. The van der Waals surface area contributed by atoms with Crippen LogP contribution < -0.4 is 5.32 Å². The fourth-order valence-electron chi connectivity index (χ4n) is 1.18. The van der Waals surface area contributed by atoms with Gasteiger partial charge in [0.15, 0.2) is 0 Å². The standard InChI is InChI=1S/C8H16NS/c1-2-3-4-8-7-9-5-6-10-8/h8H,2-7H2,1H3. The molecule has 1 unspecified atom stereocenters. The van der Waals surface area contributed by atoms with Gasteiger partial charge in [-0.15, -0.1) is 0 Å². The minimum Gasteiger partial charge on any atom is -0.240 e. The molecule has 1 fully saturated rings. The summed E-state index contributed by atoms with van der Waals surface area (Å²) in [6, 6.07) is 0. The maximum absolute atomic E-state index is 4.39. The Labute approximate surface area is 68.0 Å². The molecule has 2 heteroatoms. The average molecular weight is 158 g/mol. The van der Waals surface area contributed by atoms with E-state index in [1.165, 1.54) is 25.0 Å². The number of hydrogen-bond acceptors (Lipinski definition) is 1. The van der Waals surface area contributed by atoms with Crippen molar-refractivity contribution >= 4 is 11.8 Å². The maximum Gasteiger partial charge on any atom is 0.0253 e. The zero-order valence-electron chi connectivity index (χ0n) is 6.68. The van der Waals surface area contributed by atoms with Crippen LogP contribution in [0.2, 0.25) is 0 Å². The summed E-state index contributed by atoms with van der Waals surface area (Å²) < 4.78 is 0. The van der Waals surface area contributed by atoms with E-state index in [0.29, 0.717) is 0 Å². The highest BCUT2D eigenvalue weighted by Crippen LogP contribution is 2.19. The Bertz CT molecular complexity index is 79.3. The van der Waals surface area contributed by atoms with Gasteiger partial charge in [0, 0.05) is 24.1 Å². The lowest BCUT2D eigenvalue weighted by Gasteiger charge is -2.20. The SMILES string of the molecule is CCCCC1C[N]CCS1. The van der Waals surface area contributed by atoms with Crippen molar-refractivity contribution in [2.75, 3.05) is 18.8 Å². The highest BCUT2D eigenvalue weighted by Gasteiger charge is 2.12.